The Labute approximate surface area is 276 Å². The molecule has 4 rings (SSSR count). The predicted octanol–water partition coefficient (Wildman–Crippen LogP) is 2.25. The number of hydrogen-bond acceptors (Lipinski definition) is 11. The second-order valence-corrected chi connectivity index (χ2v) is 18.4. The molecular weight excluding hydrogens is 776 g/mol. The molecule has 0 fully saturated rings. The molecule has 2 aliphatic rings. The molecule has 2 aliphatic heterocycles. The maximum absolute atomic E-state index is 12.5. The molecule has 0 radical (unpaired) electrons. The van der Waals surface area contributed by atoms with E-state index in [0.29, 0.717) is 11.8 Å². The first-order valence-corrected chi connectivity index (χ1v) is 20.2. The van der Waals surface area contributed by atoms with Gasteiger partial charge in [-0.15, -0.1) is 23.4 Å². The Kier molecular flexibility index (Phi) is 11.3. The van der Waals surface area contributed by atoms with Gasteiger partial charge in [-0.2, -0.15) is 21.8 Å². The van der Waals surface area contributed by atoms with Gasteiger partial charge < -0.3 is 10.6 Å². The number of alkyl halides is 4. The minimum Gasteiger partial charge on any atom is -0.367 e. The van der Waals surface area contributed by atoms with Gasteiger partial charge in [-0.3, -0.25) is 0 Å². The normalized spacial score (nSPS) is 21.4. The lowest BCUT2D eigenvalue weighted by atomic mass is 10.3. The van der Waals surface area contributed by atoms with Gasteiger partial charge in [-0.05, 0) is 24.3 Å². The van der Waals surface area contributed by atoms with Crippen LogP contribution in [0.25, 0.3) is 0 Å². The number of thioether (sulfide) groups is 1. The molecule has 0 aliphatic carbocycles. The summed E-state index contributed by atoms with van der Waals surface area (Å²) in [6.07, 6.45) is -5.98. The first-order valence-electron chi connectivity index (χ1n) is 11.7. The molecule has 0 saturated carbocycles. The maximum Gasteiger partial charge on any atom is 0.397 e. The summed E-state index contributed by atoms with van der Waals surface area (Å²) in [6.45, 7) is 0. The van der Waals surface area contributed by atoms with Crippen LogP contribution in [0.15, 0.2) is 43.8 Å². The summed E-state index contributed by atoms with van der Waals surface area (Å²) in [4.78, 5) is -1.59. The number of nitrogens with zero attached hydrogens (tertiary/aromatic N) is 2. The van der Waals surface area contributed by atoms with Crippen molar-refractivity contribution < 1.29 is 46.8 Å². The summed E-state index contributed by atoms with van der Waals surface area (Å²) in [5.41, 5.74) is 0.180. The maximum atomic E-state index is 12.5. The smallest absolute Gasteiger partial charge is 0.367 e. The lowest BCUT2D eigenvalue weighted by Gasteiger charge is -2.35. The van der Waals surface area contributed by atoms with Crippen molar-refractivity contribution in [2.75, 3.05) is 42.1 Å². The molecule has 2 unspecified atom stereocenters. The number of hydrogen-bond donors (Lipinski definition) is 4. The number of benzene rings is 2. The Morgan fingerprint density at radius 1 is 0.822 bits per heavy atom. The summed E-state index contributed by atoms with van der Waals surface area (Å²) in [5, 5.41) is 15.2. The van der Waals surface area contributed by atoms with Crippen LogP contribution >= 0.6 is 46.6 Å². The number of anilines is 2. The van der Waals surface area contributed by atoms with Crippen molar-refractivity contribution in [1.29, 1.82) is 0 Å². The molecule has 0 bridgehead atoms. The second-order valence-electron chi connectivity index (χ2n) is 9.29. The van der Waals surface area contributed by atoms with Crippen LogP contribution in [0.5, 0.6) is 0 Å². The van der Waals surface area contributed by atoms with Gasteiger partial charge in [0, 0.05) is 19.8 Å². The van der Waals surface area contributed by atoms with Crippen molar-refractivity contribution in [3.8, 4) is 0 Å². The zero-order chi connectivity index (χ0) is 34.5. The molecule has 6 N–H and O–H groups in total. The van der Waals surface area contributed by atoms with Crippen LogP contribution in [0.3, 0.4) is 0 Å². The van der Waals surface area contributed by atoms with Gasteiger partial charge >= 0.3 is 6.18 Å². The van der Waals surface area contributed by atoms with Gasteiger partial charge in [-0.1, -0.05) is 23.2 Å². The van der Waals surface area contributed by atoms with E-state index in [1.807, 2.05) is 0 Å². The molecule has 0 spiro atoms. The van der Waals surface area contributed by atoms with Gasteiger partial charge in [0.25, 0.3) is 0 Å². The molecule has 254 valence electrons. The monoisotopic (exact) mass is 798 g/mol. The summed E-state index contributed by atoms with van der Waals surface area (Å²) in [7, 11) is -13.9. The first-order chi connectivity index (χ1) is 20.3. The van der Waals surface area contributed by atoms with Crippen LogP contribution in [-0.2, 0) is 40.1 Å². The second kappa shape index (κ2) is 13.3. The zero-order valence-corrected chi connectivity index (χ0v) is 29.1. The van der Waals surface area contributed by atoms with Gasteiger partial charge in [0.15, 0.2) is 0 Å². The topological polar surface area (TPSA) is 219 Å². The fourth-order valence-electron chi connectivity index (χ4n) is 3.91. The first kappa shape index (κ1) is 38.1. The molecule has 0 saturated heterocycles. The van der Waals surface area contributed by atoms with Crippen LogP contribution in [0.2, 0.25) is 10.0 Å². The van der Waals surface area contributed by atoms with Crippen molar-refractivity contribution in [3.05, 3.63) is 34.3 Å². The lowest BCUT2D eigenvalue weighted by molar-refractivity contribution is -0.105. The molecular formula is C20H24Cl3F3N6O8S5. The third kappa shape index (κ3) is 8.41. The van der Waals surface area contributed by atoms with Crippen molar-refractivity contribution >= 4 is 98.0 Å². The van der Waals surface area contributed by atoms with Crippen LogP contribution in [0.4, 0.5) is 24.5 Å². The van der Waals surface area contributed by atoms with E-state index in [1.165, 1.54) is 20.2 Å². The average molecular weight is 800 g/mol. The molecule has 2 heterocycles. The Hall–Kier alpha value is -1.31. The fraction of sp³-hybridized carbons (Fsp3) is 0.400. The number of nitrogens with two attached hydrogens (primary N) is 2. The minimum atomic E-state index is -4.37. The highest BCUT2D eigenvalue weighted by Gasteiger charge is 2.39. The van der Waals surface area contributed by atoms with Crippen molar-refractivity contribution in [2.24, 2.45) is 10.3 Å². The highest BCUT2D eigenvalue weighted by atomic mass is 35.5. The SMILES string of the molecule is CN1C(CCl)Nc2cc(Cl)c(S(N)(=O)=O)cc2S1(=O)=O.CN1C(CSCC(F)(F)F)Nc2cc(Cl)c(S(N)(=O)=O)cc2S1(=O)=O. The number of nitrogens with one attached hydrogen (secondary N) is 2. The molecule has 14 nitrogen and oxygen atoms in total. The number of fused-ring (bicyclic) bond motifs is 2. The van der Waals surface area contributed by atoms with E-state index < -0.39 is 74.1 Å². The van der Waals surface area contributed by atoms with Gasteiger partial charge in [0.2, 0.25) is 40.1 Å². The van der Waals surface area contributed by atoms with E-state index in [4.69, 9.17) is 45.1 Å². The van der Waals surface area contributed by atoms with Crippen LogP contribution in [-0.4, -0.2) is 92.3 Å². The molecule has 2 aromatic rings. The Balaban J connectivity index is 0.000000251. The highest BCUT2D eigenvalue weighted by Crippen LogP contribution is 2.38. The van der Waals surface area contributed by atoms with Gasteiger partial charge in [0.1, 0.15) is 31.9 Å². The number of rotatable bonds is 6. The highest BCUT2D eigenvalue weighted by molar-refractivity contribution is 7.99. The lowest BCUT2D eigenvalue weighted by Crippen LogP contribution is -2.47. The van der Waals surface area contributed by atoms with E-state index in [9.17, 15) is 46.8 Å². The van der Waals surface area contributed by atoms with Gasteiger partial charge in [-0.25, -0.2) is 43.9 Å². The van der Waals surface area contributed by atoms with Crippen LogP contribution in [0.1, 0.15) is 0 Å². The Morgan fingerprint density at radius 3 is 1.56 bits per heavy atom. The molecule has 45 heavy (non-hydrogen) atoms. The third-order valence-corrected chi connectivity index (χ3v) is 14.1. The number of sulfonamides is 4. The van der Waals surface area contributed by atoms with E-state index in [1.54, 1.807) is 0 Å². The number of halogens is 6. The van der Waals surface area contributed by atoms with Crippen LogP contribution < -0.4 is 20.9 Å². The van der Waals surface area contributed by atoms with E-state index in [0.717, 1.165) is 26.8 Å². The number of primary sulfonamides is 2. The minimum absolute atomic E-state index is 0.00638. The largest absolute Gasteiger partial charge is 0.397 e. The van der Waals surface area contributed by atoms with E-state index >= 15 is 0 Å². The van der Waals surface area contributed by atoms with Crippen LogP contribution in [0, 0.1) is 0 Å². The quantitative estimate of drug-likeness (QED) is 0.311. The molecule has 2 aromatic carbocycles. The molecule has 25 heteroatoms. The van der Waals surface area contributed by atoms with Crippen molar-refractivity contribution in [2.45, 2.75) is 38.1 Å². The van der Waals surface area contributed by atoms with Crippen molar-refractivity contribution in [1.82, 2.24) is 8.61 Å². The van der Waals surface area contributed by atoms with E-state index in [2.05, 4.69) is 10.6 Å². The predicted molar refractivity (Wildman–Crippen MR) is 164 cm³/mol. The van der Waals surface area contributed by atoms with Gasteiger partial charge in [0.05, 0.1) is 33.1 Å². The summed E-state index contributed by atoms with van der Waals surface area (Å²) in [6, 6.07) is 4.05. The average Bonchev–Trinajstić information content (AvgIpc) is 2.87. The van der Waals surface area contributed by atoms with Crippen molar-refractivity contribution in [3.63, 3.8) is 0 Å². The summed E-state index contributed by atoms with van der Waals surface area (Å²) in [5.74, 6) is -1.29. The standard InChI is InChI=1S/C11H13ClF3N3O4S3.C9H11Cl2N3O4S2/c1-18-10(4-23-5-11(13,14)15)17-7-2-6(12)8(24(16,19)20)3-9(7)25(18,21)22;1-14-9(4-10)13-6-2-5(11)7(19(12,15)16)3-8(6)20(14,17)18/h2-3,10,17H,4-5H2,1H3,(H2,16,19,20);2-3,9,13H,4H2,1H3,(H2,12,15,16). The summed E-state index contributed by atoms with van der Waals surface area (Å²) >= 11 is 17.9. The molecule has 0 amide bonds. The third-order valence-electron chi connectivity index (χ3n) is 6.20. The Morgan fingerprint density at radius 2 is 1.20 bits per heavy atom. The fourth-order valence-corrected chi connectivity index (χ4v) is 10.5. The van der Waals surface area contributed by atoms with E-state index in [-0.39, 0.29) is 42.8 Å². The Bertz CT molecular complexity index is 1930. The zero-order valence-electron chi connectivity index (χ0n) is 22.7. The molecule has 2 atom stereocenters. The molecule has 0 aromatic heterocycles. The summed E-state index contributed by atoms with van der Waals surface area (Å²) < 4.78 is 134.